The maximum absolute atomic E-state index is 12.0. The molecule has 1 aromatic carbocycles. The molecular weight excluding hydrogens is 174 g/mol. The van der Waals surface area contributed by atoms with Gasteiger partial charge in [0.15, 0.2) is 0 Å². The molecule has 1 heterocycles. The second-order valence-corrected chi connectivity index (χ2v) is 4.72. The topological polar surface area (TPSA) is 20.3 Å². The summed E-state index contributed by atoms with van der Waals surface area (Å²) in [6, 6.07) is 7.84. The maximum Gasteiger partial charge on any atom is 0.254 e. The van der Waals surface area contributed by atoms with Gasteiger partial charge in [-0.3, -0.25) is 4.79 Å². The molecule has 0 radical (unpaired) electrons. The first-order chi connectivity index (χ1) is 6.50. The Bertz CT molecular complexity index is 376. The van der Waals surface area contributed by atoms with Gasteiger partial charge in [-0.2, -0.15) is 0 Å². The van der Waals surface area contributed by atoms with Crippen molar-refractivity contribution >= 4 is 5.91 Å². The van der Waals surface area contributed by atoms with E-state index in [1.54, 1.807) is 0 Å². The van der Waals surface area contributed by atoms with E-state index in [1.165, 1.54) is 0 Å². The van der Waals surface area contributed by atoms with Crippen molar-refractivity contribution in [1.82, 2.24) is 4.90 Å². The van der Waals surface area contributed by atoms with Gasteiger partial charge in [-0.1, -0.05) is 18.2 Å². The molecule has 1 aliphatic heterocycles. The van der Waals surface area contributed by atoms with Gasteiger partial charge >= 0.3 is 0 Å². The van der Waals surface area contributed by atoms with Crippen LogP contribution >= 0.6 is 0 Å². The van der Waals surface area contributed by atoms with Crippen LogP contribution in [-0.4, -0.2) is 16.3 Å². The summed E-state index contributed by atoms with van der Waals surface area (Å²) in [4.78, 5) is 13.9. The number of carbonyl (C=O) groups excluding carboxylic acids is 1. The molecule has 0 aliphatic carbocycles. The van der Waals surface area contributed by atoms with Crippen LogP contribution in [0.15, 0.2) is 24.3 Å². The van der Waals surface area contributed by atoms with Crippen LogP contribution in [0, 0.1) is 0 Å². The molecule has 1 aliphatic rings. The van der Waals surface area contributed by atoms with Crippen LogP contribution in [0.4, 0.5) is 0 Å². The molecule has 1 aromatic rings. The van der Waals surface area contributed by atoms with Crippen molar-refractivity contribution in [1.29, 1.82) is 0 Å². The van der Waals surface area contributed by atoms with Crippen molar-refractivity contribution in [3.63, 3.8) is 0 Å². The highest BCUT2D eigenvalue weighted by atomic mass is 16.2. The molecule has 0 atom stereocenters. The van der Waals surface area contributed by atoms with E-state index in [4.69, 9.17) is 0 Å². The molecule has 14 heavy (non-hydrogen) atoms. The van der Waals surface area contributed by atoms with Crippen molar-refractivity contribution in [2.45, 2.75) is 32.9 Å². The summed E-state index contributed by atoms with van der Waals surface area (Å²) in [7, 11) is 0. The van der Waals surface area contributed by atoms with E-state index < -0.39 is 0 Å². The number of amides is 1. The number of benzene rings is 1. The Morgan fingerprint density at radius 3 is 2.43 bits per heavy atom. The van der Waals surface area contributed by atoms with Gasteiger partial charge in [-0.05, 0) is 32.4 Å². The van der Waals surface area contributed by atoms with Gasteiger partial charge in [-0.25, -0.2) is 0 Å². The molecule has 2 heteroatoms. The van der Waals surface area contributed by atoms with E-state index in [2.05, 4.69) is 20.8 Å². The van der Waals surface area contributed by atoms with Crippen molar-refractivity contribution in [3.8, 4) is 0 Å². The largest absolute Gasteiger partial charge is 0.329 e. The lowest BCUT2D eigenvalue weighted by Crippen LogP contribution is -2.41. The lowest BCUT2D eigenvalue weighted by atomic mass is 10.1. The van der Waals surface area contributed by atoms with Gasteiger partial charge < -0.3 is 4.90 Å². The lowest BCUT2D eigenvalue weighted by molar-refractivity contribution is 0.0609. The summed E-state index contributed by atoms with van der Waals surface area (Å²) in [6.07, 6.45) is 0. The van der Waals surface area contributed by atoms with Crippen LogP contribution in [0.5, 0.6) is 0 Å². The third kappa shape index (κ3) is 1.31. The van der Waals surface area contributed by atoms with Gasteiger partial charge in [0.05, 0.1) is 0 Å². The third-order valence-electron chi connectivity index (χ3n) is 2.63. The Kier molecular flexibility index (Phi) is 1.88. The number of hydrogen-bond acceptors (Lipinski definition) is 1. The van der Waals surface area contributed by atoms with Gasteiger partial charge in [0.25, 0.3) is 5.91 Å². The summed E-state index contributed by atoms with van der Waals surface area (Å²) in [5.74, 6) is 0.160. The standard InChI is InChI=1S/C12H15NO/c1-12(2,3)13-8-9-6-4-5-7-10(9)11(13)14/h4-7H,8H2,1-3H3. The molecule has 0 unspecified atom stereocenters. The Morgan fingerprint density at radius 1 is 1.21 bits per heavy atom. The minimum atomic E-state index is -0.0872. The zero-order valence-electron chi connectivity index (χ0n) is 8.87. The molecule has 0 bridgehead atoms. The van der Waals surface area contributed by atoms with Crippen LogP contribution in [0.25, 0.3) is 0 Å². The summed E-state index contributed by atoms with van der Waals surface area (Å²) in [5, 5.41) is 0. The average molecular weight is 189 g/mol. The molecule has 0 spiro atoms. The molecule has 1 amide bonds. The third-order valence-corrected chi connectivity index (χ3v) is 2.63. The molecule has 2 rings (SSSR count). The molecule has 74 valence electrons. The zero-order chi connectivity index (χ0) is 10.3. The fourth-order valence-corrected chi connectivity index (χ4v) is 1.80. The van der Waals surface area contributed by atoms with Crippen LogP contribution < -0.4 is 0 Å². The van der Waals surface area contributed by atoms with E-state index in [1.807, 2.05) is 29.2 Å². The first-order valence-electron chi connectivity index (χ1n) is 4.90. The highest BCUT2D eigenvalue weighted by molar-refractivity contribution is 5.98. The molecule has 2 nitrogen and oxygen atoms in total. The Hall–Kier alpha value is -1.31. The van der Waals surface area contributed by atoms with Crippen LogP contribution in [0.3, 0.4) is 0 Å². The smallest absolute Gasteiger partial charge is 0.254 e. The highest BCUT2D eigenvalue weighted by Gasteiger charge is 2.33. The Morgan fingerprint density at radius 2 is 1.86 bits per heavy atom. The van der Waals surface area contributed by atoms with Crippen molar-refractivity contribution in [2.24, 2.45) is 0 Å². The van der Waals surface area contributed by atoms with E-state index in [0.717, 1.165) is 17.7 Å². The number of nitrogens with zero attached hydrogens (tertiary/aromatic N) is 1. The summed E-state index contributed by atoms with van der Waals surface area (Å²) >= 11 is 0. The number of carbonyl (C=O) groups is 1. The molecule has 0 aromatic heterocycles. The second-order valence-electron chi connectivity index (χ2n) is 4.72. The summed E-state index contributed by atoms with van der Waals surface area (Å²) in [6.45, 7) is 6.95. The SMILES string of the molecule is CC(C)(C)N1Cc2ccccc2C1=O. The first-order valence-corrected chi connectivity index (χ1v) is 4.90. The van der Waals surface area contributed by atoms with Gasteiger partial charge in [0, 0.05) is 17.6 Å². The van der Waals surface area contributed by atoms with Crippen molar-refractivity contribution < 1.29 is 4.79 Å². The summed E-state index contributed by atoms with van der Waals surface area (Å²) < 4.78 is 0. The minimum Gasteiger partial charge on any atom is -0.329 e. The predicted octanol–water partition coefficient (Wildman–Crippen LogP) is 2.44. The van der Waals surface area contributed by atoms with E-state index in [-0.39, 0.29) is 11.4 Å². The lowest BCUT2D eigenvalue weighted by Gasteiger charge is -2.31. The molecular formula is C12H15NO. The van der Waals surface area contributed by atoms with Gasteiger partial charge in [0.1, 0.15) is 0 Å². The highest BCUT2D eigenvalue weighted by Crippen LogP contribution is 2.28. The predicted molar refractivity (Wildman–Crippen MR) is 56.1 cm³/mol. The molecule has 0 saturated heterocycles. The monoisotopic (exact) mass is 189 g/mol. The average Bonchev–Trinajstić information content (AvgIpc) is 2.44. The number of fused-ring (bicyclic) bond motifs is 1. The quantitative estimate of drug-likeness (QED) is 0.614. The Balaban J connectivity index is 2.40. The van der Waals surface area contributed by atoms with E-state index in [9.17, 15) is 4.79 Å². The first kappa shape index (κ1) is 9.25. The van der Waals surface area contributed by atoms with Crippen LogP contribution in [-0.2, 0) is 6.54 Å². The minimum absolute atomic E-state index is 0.0872. The normalized spacial score (nSPS) is 15.9. The van der Waals surface area contributed by atoms with E-state index in [0.29, 0.717) is 0 Å². The van der Waals surface area contributed by atoms with Crippen LogP contribution in [0.1, 0.15) is 36.7 Å². The fraction of sp³-hybridized carbons (Fsp3) is 0.417. The number of hydrogen-bond donors (Lipinski definition) is 0. The van der Waals surface area contributed by atoms with E-state index >= 15 is 0 Å². The number of rotatable bonds is 0. The summed E-state index contributed by atoms with van der Waals surface area (Å²) in [5.41, 5.74) is 1.92. The maximum atomic E-state index is 12.0. The molecule has 0 fully saturated rings. The second kappa shape index (κ2) is 2.84. The molecule has 0 N–H and O–H groups in total. The fourth-order valence-electron chi connectivity index (χ4n) is 1.80. The van der Waals surface area contributed by atoms with Gasteiger partial charge in [-0.15, -0.1) is 0 Å². The van der Waals surface area contributed by atoms with Gasteiger partial charge in [0.2, 0.25) is 0 Å². The zero-order valence-corrected chi connectivity index (χ0v) is 8.87. The Labute approximate surface area is 84.5 Å². The van der Waals surface area contributed by atoms with Crippen molar-refractivity contribution in [2.75, 3.05) is 0 Å². The molecule has 0 saturated carbocycles. The van der Waals surface area contributed by atoms with Crippen LogP contribution in [0.2, 0.25) is 0 Å². The van der Waals surface area contributed by atoms with Crippen molar-refractivity contribution in [3.05, 3.63) is 35.4 Å².